The van der Waals surface area contributed by atoms with Gasteiger partial charge in [0.15, 0.2) is 0 Å². The molecule has 1 aliphatic rings. The predicted molar refractivity (Wildman–Crippen MR) is 66.3 cm³/mol. The largest absolute Gasteiger partial charge is 0.315 e. The van der Waals surface area contributed by atoms with Gasteiger partial charge in [-0.3, -0.25) is 9.88 Å². The molecule has 3 heteroatoms. The van der Waals surface area contributed by atoms with E-state index in [4.69, 9.17) is 0 Å². The number of hydrogen-bond donors (Lipinski definition) is 1. The van der Waals surface area contributed by atoms with E-state index in [0.29, 0.717) is 12.1 Å². The molecule has 3 nitrogen and oxygen atoms in total. The highest BCUT2D eigenvalue weighted by atomic mass is 15.2. The Hall–Kier alpha value is -0.930. The molecule has 1 aromatic heterocycles. The van der Waals surface area contributed by atoms with E-state index in [9.17, 15) is 0 Å². The van der Waals surface area contributed by atoms with Crippen LogP contribution in [-0.4, -0.2) is 36.1 Å². The second-order valence-electron chi connectivity index (χ2n) is 4.60. The SMILES string of the molecule is CC(c1ccccn1)N(C)[C@H]1CCCNC1. The van der Waals surface area contributed by atoms with Crippen molar-refractivity contribution in [3.8, 4) is 0 Å². The van der Waals surface area contributed by atoms with Crippen LogP contribution in [0, 0.1) is 0 Å². The Kier molecular flexibility index (Phi) is 3.91. The average Bonchev–Trinajstić information content (AvgIpc) is 2.39. The summed E-state index contributed by atoms with van der Waals surface area (Å²) in [7, 11) is 2.21. The number of pyridine rings is 1. The van der Waals surface area contributed by atoms with Crippen molar-refractivity contribution < 1.29 is 0 Å². The summed E-state index contributed by atoms with van der Waals surface area (Å²) in [5, 5.41) is 3.46. The second kappa shape index (κ2) is 5.41. The molecule has 1 unspecified atom stereocenters. The summed E-state index contributed by atoms with van der Waals surface area (Å²) in [5.74, 6) is 0. The van der Waals surface area contributed by atoms with Gasteiger partial charge in [-0.1, -0.05) is 6.07 Å². The molecule has 2 atom stereocenters. The summed E-state index contributed by atoms with van der Waals surface area (Å²) in [6.07, 6.45) is 4.45. The topological polar surface area (TPSA) is 28.2 Å². The van der Waals surface area contributed by atoms with Gasteiger partial charge in [0.2, 0.25) is 0 Å². The summed E-state index contributed by atoms with van der Waals surface area (Å²) in [5.41, 5.74) is 1.16. The molecule has 16 heavy (non-hydrogen) atoms. The summed E-state index contributed by atoms with van der Waals surface area (Å²) in [4.78, 5) is 6.87. The van der Waals surface area contributed by atoms with Gasteiger partial charge in [-0.2, -0.15) is 0 Å². The lowest BCUT2D eigenvalue weighted by Crippen LogP contribution is -2.45. The molecule has 1 aliphatic heterocycles. The summed E-state index contributed by atoms with van der Waals surface area (Å²) < 4.78 is 0. The third-order valence-corrected chi connectivity index (χ3v) is 3.57. The highest BCUT2D eigenvalue weighted by molar-refractivity contribution is 5.08. The predicted octanol–water partition coefficient (Wildman–Crippen LogP) is 1.83. The molecule has 0 saturated carbocycles. The molecule has 0 radical (unpaired) electrons. The van der Waals surface area contributed by atoms with Gasteiger partial charge in [0.25, 0.3) is 0 Å². The maximum absolute atomic E-state index is 4.43. The van der Waals surface area contributed by atoms with Crippen molar-refractivity contribution >= 4 is 0 Å². The molecule has 0 spiro atoms. The zero-order valence-corrected chi connectivity index (χ0v) is 10.2. The number of aromatic nitrogens is 1. The molecule has 0 aromatic carbocycles. The van der Waals surface area contributed by atoms with E-state index in [1.54, 1.807) is 0 Å². The van der Waals surface area contributed by atoms with Gasteiger partial charge in [0.05, 0.1) is 5.69 Å². The van der Waals surface area contributed by atoms with Crippen molar-refractivity contribution in [3.05, 3.63) is 30.1 Å². The van der Waals surface area contributed by atoms with Crippen LogP contribution in [0.3, 0.4) is 0 Å². The molecule has 88 valence electrons. The maximum atomic E-state index is 4.43. The first kappa shape index (κ1) is 11.6. The first-order valence-corrected chi connectivity index (χ1v) is 6.12. The van der Waals surface area contributed by atoms with Crippen LogP contribution < -0.4 is 5.32 Å². The average molecular weight is 219 g/mol. The lowest BCUT2D eigenvalue weighted by Gasteiger charge is -2.35. The van der Waals surface area contributed by atoms with Crippen LogP contribution >= 0.6 is 0 Å². The molecule has 0 bridgehead atoms. The van der Waals surface area contributed by atoms with E-state index >= 15 is 0 Å². The van der Waals surface area contributed by atoms with Crippen LogP contribution in [0.2, 0.25) is 0 Å². The van der Waals surface area contributed by atoms with E-state index < -0.39 is 0 Å². The summed E-state index contributed by atoms with van der Waals surface area (Å²) in [6.45, 7) is 4.51. The second-order valence-corrected chi connectivity index (χ2v) is 4.60. The van der Waals surface area contributed by atoms with E-state index in [1.165, 1.54) is 19.4 Å². The van der Waals surface area contributed by atoms with Crippen molar-refractivity contribution in [1.29, 1.82) is 0 Å². The Bertz CT molecular complexity index is 306. The molecular formula is C13H21N3. The van der Waals surface area contributed by atoms with Gasteiger partial charge in [-0.25, -0.2) is 0 Å². The van der Waals surface area contributed by atoms with E-state index in [1.807, 2.05) is 12.3 Å². The molecule has 2 rings (SSSR count). The van der Waals surface area contributed by atoms with Crippen LogP contribution in [0.5, 0.6) is 0 Å². The fraction of sp³-hybridized carbons (Fsp3) is 0.615. The van der Waals surface area contributed by atoms with Gasteiger partial charge in [0, 0.05) is 24.8 Å². The van der Waals surface area contributed by atoms with Crippen LogP contribution in [-0.2, 0) is 0 Å². The molecular weight excluding hydrogens is 198 g/mol. The van der Waals surface area contributed by atoms with Crippen LogP contribution in [0.1, 0.15) is 31.5 Å². The normalized spacial score (nSPS) is 23.3. The molecule has 1 fully saturated rings. The Morgan fingerprint density at radius 1 is 1.50 bits per heavy atom. The number of nitrogens with one attached hydrogen (secondary N) is 1. The molecule has 1 N–H and O–H groups in total. The highest BCUT2D eigenvalue weighted by Gasteiger charge is 2.22. The van der Waals surface area contributed by atoms with Crippen molar-refractivity contribution in [2.45, 2.75) is 31.8 Å². The zero-order chi connectivity index (χ0) is 11.4. The fourth-order valence-electron chi connectivity index (χ4n) is 2.33. The van der Waals surface area contributed by atoms with Crippen molar-refractivity contribution in [1.82, 2.24) is 15.2 Å². The molecule has 1 saturated heterocycles. The zero-order valence-electron chi connectivity index (χ0n) is 10.2. The lowest BCUT2D eigenvalue weighted by molar-refractivity contribution is 0.154. The van der Waals surface area contributed by atoms with Crippen LogP contribution in [0.4, 0.5) is 0 Å². The Balaban J connectivity index is 2.00. The molecule has 2 heterocycles. The van der Waals surface area contributed by atoms with E-state index in [0.717, 1.165) is 12.2 Å². The van der Waals surface area contributed by atoms with Crippen LogP contribution in [0.25, 0.3) is 0 Å². The standard InChI is InChI=1S/C13H21N3/c1-11(13-7-3-4-9-15-13)16(2)12-6-5-8-14-10-12/h3-4,7,9,11-12,14H,5-6,8,10H2,1-2H3/t11?,12-/m0/s1. The number of nitrogens with zero attached hydrogens (tertiary/aromatic N) is 2. The molecule has 1 aromatic rings. The van der Waals surface area contributed by atoms with Gasteiger partial charge >= 0.3 is 0 Å². The summed E-state index contributed by atoms with van der Waals surface area (Å²) in [6, 6.07) is 7.18. The first-order chi connectivity index (χ1) is 7.79. The third-order valence-electron chi connectivity index (χ3n) is 3.57. The van der Waals surface area contributed by atoms with Gasteiger partial charge in [-0.05, 0) is 45.5 Å². The van der Waals surface area contributed by atoms with Crippen molar-refractivity contribution in [2.75, 3.05) is 20.1 Å². The number of rotatable bonds is 3. The Morgan fingerprint density at radius 3 is 3.00 bits per heavy atom. The van der Waals surface area contributed by atoms with Gasteiger partial charge in [-0.15, -0.1) is 0 Å². The van der Waals surface area contributed by atoms with E-state index in [-0.39, 0.29) is 0 Å². The first-order valence-electron chi connectivity index (χ1n) is 6.12. The Morgan fingerprint density at radius 2 is 2.38 bits per heavy atom. The minimum absolute atomic E-state index is 0.395. The number of hydrogen-bond acceptors (Lipinski definition) is 3. The van der Waals surface area contributed by atoms with Crippen molar-refractivity contribution in [3.63, 3.8) is 0 Å². The lowest BCUT2D eigenvalue weighted by atomic mass is 10.0. The number of likely N-dealkylation sites (N-methyl/N-ethyl adjacent to an activating group) is 1. The summed E-state index contributed by atoms with van der Waals surface area (Å²) >= 11 is 0. The minimum Gasteiger partial charge on any atom is -0.315 e. The van der Waals surface area contributed by atoms with Crippen LogP contribution in [0.15, 0.2) is 24.4 Å². The highest BCUT2D eigenvalue weighted by Crippen LogP contribution is 2.21. The monoisotopic (exact) mass is 219 g/mol. The fourth-order valence-corrected chi connectivity index (χ4v) is 2.33. The van der Waals surface area contributed by atoms with Gasteiger partial charge in [0.1, 0.15) is 0 Å². The number of piperidine rings is 1. The van der Waals surface area contributed by atoms with Gasteiger partial charge < -0.3 is 5.32 Å². The maximum Gasteiger partial charge on any atom is 0.0572 e. The molecule has 0 aliphatic carbocycles. The van der Waals surface area contributed by atoms with Crippen molar-refractivity contribution in [2.24, 2.45) is 0 Å². The minimum atomic E-state index is 0.395. The third kappa shape index (κ3) is 2.60. The molecule has 0 amide bonds. The Labute approximate surface area is 97.9 Å². The smallest absolute Gasteiger partial charge is 0.0572 e. The van der Waals surface area contributed by atoms with E-state index in [2.05, 4.69) is 41.3 Å². The quantitative estimate of drug-likeness (QED) is 0.840.